The van der Waals surface area contributed by atoms with Crippen LogP contribution in [0.5, 0.6) is 0 Å². The molecule has 0 atom stereocenters. The van der Waals surface area contributed by atoms with Crippen LogP contribution in [0.3, 0.4) is 0 Å². The molecule has 0 aromatic heterocycles. The van der Waals surface area contributed by atoms with E-state index in [2.05, 4.69) is 44.2 Å². The number of halogens is 1. The molecule has 0 aliphatic rings. The summed E-state index contributed by atoms with van der Waals surface area (Å²) in [4.78, 5) is 0. The molecule has 62 valence electrons. The molecule has 0 radical (unpaired) electrons. The molecular weight excluding hydrogens is 180 g/mol. The molecule has 0 aliphatic heterocycles. The molecule has 0 fully saturated rings. The fourth-order valence-electron chi connectivity index (χ4n) is 1.00. The monoisotopic (exact) mass is 192 g/mol. The van der Waals surface area contributed by atoms with Crippen molar-refractivity contribution in [3.8, 4) is 0 Å². The summed E-state index contributed by atoms with van der Waals surface area (Å²) in [6.07, 6.45) is 1.11. The Bertz CT molecular complexity index is 184. The molecule has 0 aliphatic carbocycles. The van der Waals surface area contributed by atoms with Gasteiger partial charge in [0.15, 0.2) is 0 Å². The maximum atomic E-state index is 2.16. The number of hydrogen-bond donors (Lipinski definition) is 0. The minimum atomic E-state index is 0. The quantitative estimate of drug-likeness (QED) is 0.437. The van der Waals surface area contributed by atoms with E-state index in [-0.39, 0.29) is 35.5 Å². The molecule has 0 heterocycles. The zero-order valence-electron chi connectivity index (χ0n) is 7.68. The molecule has 0 saturated heterocycles. The minimum Gasteiger partial charge on any atom is -1.00 e. The van der Waals surface area contributed by atoms with Gasteiger partial charge in [-0.3, -0.25) is 0 Å². The van der Waals surface area contributed by atoms with E-state index in [9.17, 15) is 0 Å². The van der Waals surface area contributed by atoms with E-state index in [1.54, 1.807) is 0 Å². The van der Waals surface area contributed by atoms with E-state index in [4.69, 9.17) is 0 Å². The van der Waals surface area contributed by atoms with Crippen LogP contribution >= 0.6 is 0 Å². The fraction of sp³-hybridized carbons (Fsp3) is 0.300. The molecule has 0 unspecified atom stereocenters. The van der Waals surface area contributed by atoms with Gasteiger partial charge in [-0.2, -0.15) is 20.3 Å². The van der Waals surface area contributed by atoms with Gasteiger partial charge in [-0.1, -0.05) is 35.9 Å². The van der Waals surface area contributed by atoms with E-state index < -0.39 is 0 Å². The van der Waals surface area contributed by atoms with Crippen molar-refractivity contribution in [3.05, 3.63) is 41.8 Å². The largest absolute Gasteiger partial charge is 2.00 e. The van der Waals surface area contributed by atoms with Crippen molar-refractivity contribution in [2.45, 2.75) is 20.3 Å². The van der Waals surface area contributed by atoms with Crippen LogP contribution in [0.15, 0.2) is 30.3 Å². The van der Waals surface area contributed by atoms with E-state index in [0.29, 0.717) is 0 Å². The topological polar surface area (TPSA) is 0 Å². The van der Waals surface area contributed by atoms with Crippen molar-refractivity contribution in [2.75, 3.05) is 0 Å². The molecule has 12 heavy (non-hydrogen) atoms. The second kappa shape index (κ2) is 7.90. The van der Waals surface area contributed by atoms with Gasteiger partial charge in [0.25, 0.3) is 0 Å². The van der Waals surface area contributed by atoms with Crippen LogP contribution in [0.4, 0.5) is 0 Å². The van der Waals surface area contributed by atoms with Gasteiger partial charge in [-0.25, -0.2) is 0 Å². The molecule has 0 bridgehead atoms. The van der Waals surface area contributed by atoms with E-state index in [0.717, 1.165) is 6.42 Å². The summed E-state index contributed by atoms with van der Waals surface area (Å²) >= 11 is 0. The Labute approximate surface area is 97.3 Å². The minimum absolute atomic E-state index is 0. The van der Waals surface area contributed by atoms with Crippen LogP contribution in [0, 0.1) is 5.92 Å². The molecule has 1 aromatic carbocycles. The summed E-state index contributed by atoms with van der Waals surface area (Å²) in [5.74, 6) is 1.46. The smallest absolute Gasteiger partial charge is 1.00 e. The van der Waals surface area contributed by atoms with Gasteiger partial charge in [0.2, 0.25) is 0 Å². The molecule has 0 amide bonds. The van der Waals surface area contributed by atoms with Gasteiger partial charge in [0, 0.05) is 0 Å². The average molecular weight is 193 g/mol. The SMILES string of the molecule is C[C-](C)Cc1ccccc1.[Cl-].[Mg+2]. The van der Waals surface area contributed by atoms with Crippen LogP contribution < -0.4 is 12.4 Å². The number of benzene rings is 1. The third kappa shape index (κ3) is 5.87. The predicted molar refractivity (Wildman–Crippen MR) is 50.5 cm³/mol. The molecule has 2 heteroatoms. The van der Waals surface area contributed by atoms with Crippen molar-refractivity contribution >= 4 is 23.1 Å². The van der Waals surface area contributed by atoms with Crippen molar-refractivity contribution in [1.29, 1.82) is 0 Å². The van der Waals surface area contributed by atoms with Gasteiger partial charge in [0.1, 0.15) is 0 Å². The summed E-state index contributed by atoms with van der Waals surface area (Å²) in [6.45, 7) is 4.32. The van der Waals surface area contributed by atoms with Crippen molar-refractivity contribution in [1.82, 2.24) is 0 Å². The zero-order chi connectivity index (χ0) is 7.40. The van der Waals surface area contributed by atoms with Crippen LogP contribution in [0.25, 0.3) is 0 Å². The Kier molecular flexibility index (Phi) is 9.73. The third-order valence-electron chi connectivity index (χ3n) is 1.40. The number of hydrogen-bond acceptors (Lipinski definition) is 0. The molecule has 1 aromatic rings. The average Bonchev–Trinajstić information content (AvgIpc) is 1.88. The first-order valence-corrected chi connectivity index (χ1v) is 3.62. The summed E-state index contributed by atoms with van der Waals surface area (Å²) in [5, 5.41) is 0. The number of rotatable bonds is 2. The van der Waals surface area contributed by atoms with E-state index in [1.807, 2.05) is 0 Å². The first-order valence-electron chi connectivity index (χ1n) is 3.62. The summed E-state index contributed by atoms with van der Waals surface area (Å²) in [7, 11) is 0. The molecule has 0 nitrogen and oxygen atoms in total. The van der Waals surface area contributed by atoms with Crippen LogP contribution in [-0.2, 0) is 6.42 Å². The maximum Gasteiger partial charge on any atom is 2.00 e. The van der Waals surface area contributed by atoms with Crippen LogP contribution in [0.1, 0.15) is 19.4 Å². The molecule has 0 saturated carbocycles. The van der Waals surface area contributed by atoms with Crippen LogP contribution in [-0.4, -0.2) is 23.1 Å². The van der Waals surface area contributed by atoms with Crippen molar-refractivity contribution < 1.29 is 12.4 Å². The zero-order valence-corrected chi connectivity index (χ0v) is 9.85. The normalized spacial score (nSPS) is 8.58. The van der Waals surface area contributed by atoms with E-state index >= 15 is 0 Å². The first-order chi connectivity index (χ1) is 4.79. The second-order valence-electron chi connectivity index (χ2n) is 2.87. The Hall–Kier alpha value is 0.276. The maximum absolute atomic E-state index is 2.16. The van der Waals surface area contributed by atoms with Gasteiger partial charge in [-0.15, -0.1) is 0 Å². The first kappa shape index (κ1) is 14.8. The molecule has 0 N–H and O–H groups in total. The Balaban J connectivity index is 0. The summed E-state index contributed by atoms with van der Waals surface area (Å²) in [6, 6.07) is 10.5. The fourth-order valence-corrected chi connectivity index (χ4v) is 1.00. The molecule has 0 spiro atoms. The Morgan fingerprint density at radius 2 is 1.58 bits per heavy atom. The van der Waals surface area contributed by atoms with Gasteiger partial charge < -0.3 is 18.3 Å². The Morgan fingerprint density at radius 1 is 1.08 bits per heavy atom. The predicted octanol–water partition coefficient (Wildman–Crippen LogP) is -0.533. The second-order valence-corrected chi connectivity index (χ2v) is 2.87. The molecule has 1 rings (SSSR count). The summed E-state index contributed by atoms with van der Waals surface area (Å²) < 4.78 is 0. The third-order valence-corrected chi connectivity index (χ3v) is 1.40. The Morgan fingerprint density at radius 3 is 2.00 bits per heavy atom. The van der Waals surface area contributed by atoms with Gasteiger partial charge in [-0.05, 0) is 0 Å². The standard InChI is InChI=1S/C10H13.ClH.Mg/c1-9(2)8-10-6-4-3-5-7-10;;/h3-7H,8H2,1-2H3;1H;/q-1;;+2/p-1. The van der Waals surface area contributed by atoms with Crippen molar-refractivity contribution in [2.24, 2.45) is 0 Å². The van der Waals surface area contributed by atoms with E-state index in [1.165, 1.54) is 11.5 Å². The van der Waals surface area contributed by atoms with Crippen molar-refractivity contribution in [3.63, 3.8) is 0 Å². The van der Waals surface area contributed by atoms with Crippen LogP contribution in [0.2, 0.25) is 0 Å². The summed E-state index contributed by atoms with van der Waals surface area (Å²) in [5.41, 5.74) is 1.41. The molecular formula is C10H13ClMg. The van der Waals surface area contributed by atoms with Gasteiger partial charge in [0.05, 0.1) is 0 Å². The van der Waals surface area contributed by atoms with Gasteiger partial charge >= 0.3 is 23.1 Å².